The minimum atomic E-state index is 0.210. The van der Waals surface area contributed by atoms with Crippen molar-refractivity contribution < 1.29 is 5.11 Å². The third-order valence-corrected chi connectivity index (χ3v) is 4.26. The number of hydrogen-bond donors (Lipinski definition) is 1. The lowest BCUT2D eigenvalue weighted by atomic mass is 9.69. The van der Waals surface area contributed by atoms with Crippen molar-refractivity contribution in [2.75, 3.05) is 26.7 Å². The summed E-state index contributed by atoms with van der Waals surface area (Å²) in [6.45, 7) is 4.58. The van der Waals surface area contributed by atoms with Crippen LogP contribution in [0.1, 0.15) is 30.4 Å². The van der Waals surface area contributed by atoms with Crippen molar-refractivity contribution in [2.24, 2.45) is 5.41 Å². The molecular formula is C16H25NO. The van der Waals surface area contributed by atoms with Gasteiger partial charge in [0.05, 0.1) is 0 Å². The van der Waals surface area contributed by atoms with Crippen molar-refractivity contribution in [1.29, 1.82) is 0 Å². The van der Waals surface area contributed by atoms with Crippen LogP contribution in [-0.4, -0.2) is 36.8 Å². The van der Waals surface area contributed by atoms with E-state index in [2.05, 4.69) is 43.1 Å². The smallest absolute Gasteiger partial charge is 0.0499 e. The van der Waals surface area contributed by atoms with E-state index in [-0.39, 0.29) is 5.41 Å². The van der Waals surface area contributed by atoms with Gasteiger partial charge < -0.3 is 10.0 Å². The fourth-order valence-electron chi connectivity index (χ4n) is 2.77. The van der Waals surface area contributed by atoms with Crippen LogP contribution in [0.3, 0.4) is 0 Å². The van der Waals surface area contributed by atoms with E-state index in [0.29, 0.717) is 6.61 Å². The number of benzene rings is 1. The quantitative estimate of drug-likeness (QED) is 0.835. The molecule has 0 atom stereocenters. The monoisotopic (exact) mass is 247 g/mol. The molecule has 18 heavy (non-hydrogen) atoms. The van der Waals surface area contributed by atoms with E-state index in [1.54, 1.807) is 0 Å². The lowest BCUT2D eigenvalue weighted by Gasteiger charge is -2.43. The van der Waals surface area contributed by atoms with E-state index >= 15 is 0 Å². The summed E-state index contributed by atoms with van der Waals surface area (Å²) in [5.74, 6) is 0. The van der Waals surface area contributed by atoms with Gasteiger partial charge in [0.2, 0.25) is 0 Å². The molecule has 0 radical (unpaired) electrons. The van der Waals surface area contributed by atoms with Gasteiger partial charge in [-0.15, -0.1) is 0 Å². The highest BCUT2D eigenvalue weighted by molar-refractivity contribution is 5.21. The van der Waals surface area contributed by atoms with E-state index in [9.17, 15) is 5.11 Å². The first-order valence-electron chi connectivity index (χ1n) is 6.99. The van der Waals surface area contributed by atoms with Gasteiger partial charge in [0.1, 0.15) is 0 Å². The second-order valence-electron chi connectivity index (χ2n) is 5.99. The Balaban J connectivity index is 1.77. The Morgan fingerprint density at radius 3 is 2.39 bits per heavy atom. The first kappa shape index (κ1) is 13.6. The second kappa shape index (κ2) is 5.85. The molecule has 0 saturated heterocycles. The van der Waals surface area contributed by atoms with Crippen LogP contribution in [0.5, 0.6) is 0 Å². The largest absolute Gasteiger partial charge is 0.396 e. The molecule has 1 aliphatic carbocycles. The van der Waals surface area contributed by atoms with Crippen LogP contribution in [-0.2, 0) is 6.42 Å². The van der Waals surface area contributed by atoms with Crippen LogP contribution in [0.4, 0.5) is 0 Å². The van der Waals surface area contributed by atoms with Gasteiger partial charge in [-0.3, -0.25) is 0 Å². The zero-order chi connectivity index (χ0) is 13.0. The third kappa shape index (κ3) is 3.33. The minimum absolute atomic E-state index is 0.210. The predicted octanol–water partition coefficient (Wildman–Crippen LogP) is 2.63. The van der Waals surface area contributed by atoms with Crippen LogP contribution in [0.2, 0.25) is 0 Å². The fourth-order valence-corrected chi connectivity index (χ4v) is 2.77. The Hall–Kier alpha value is -0.860. The topological polar surface area (TPSA) is 23.5 Å². The number of nitrogens with zero attached hydrogens (tertiary/aromatic N) is 1. The van der Waals surface area contributed by atoms with Crippen LogP contribution < -0.4 is 0 Å². The van der Waals surface area contributed by atoms with Gasteiger partial charge in [0.15, 0.2) is 0 Å². The number of aliphatic hydroxyl groups is 1. The van der Waals surface area contributed by atoms with E-state index in [1.165, 1.54) is 30.4 Å². The summed E-state index contributed by atoms with van der Waals surface area (Å²) in [7, 11) is 2.17. The fraction of sp³-hybridized carbons (Fsp3) is 0.625. The highest BCUT2D eigenvalue weighted by Gasteiger charge is 2.36. The summed E-state index contributed by atoms with van der Waals surface area (Å²) >= 11 is 0. The van der Waals surface area contributed by atoms with Crippen molar-refractivity contribution in [3.63, 3.8) is 0 Å². The zero-order valence-corrected chi connectivity index (χ0v) is 11.7. The maximum Gasteiger partial charge on any atom is 0.0499 e. The summed E-state index contributed by atoms with van der Waals surface area (Å²) in [6, 6.07) is 8.79. The molecule has 1 N–H and O–H groups in total. The molecule has 100 valence electrons. The van der Waals surface area contributed by atoms with Crippen molar-refractivity contribution in [3.05, 3.63) is 35.4 Å². The second-order valence-corrected chi connectivity index (χ2v) is 5.99. The molecule has 1 fully saturated rings. The number of likely N-dealkylation sites (N-methyl/N-ethyl adjacent to an activating group) is 1. The Labute approximate surface area is 111 Å². The third-order valence-electron chi connectivity index (χ3n) is 4.26. The molecule has 2 nitrogen and oxygen atoms in total. The standard InChI is InChI=1S/C16H25NO/c1-14-4-6-15(7-5-14)8-11-17(2)12-16(13-18)9-3-10-16/h4-7,18H,3,8-13H2,1-2H3. The van der Waals surface area contributed by atoms with E-state index in [0.717, 1.165) is 19.5 Å². The highest BCUT2D eigenvalue weighted by Crippen LogP contribution is 2.40. The van der Waals surface area contributed by atoms with Gasteiger partial charge >= 0.3 is 0 Å². The number of hydrogen-bond acceptors (Lipinski definition) is 2. The molecule has 0 bridgehead atoms. The number of rotatable bonds is 6. The molecule has 0 spiro atoms. The van der Waals surface area contributed by atoms with Gasteiger partial charge in [-0.25, -0.2) is 0 Å². The molecule has 0 heterocycles. The summed E-state index contributed by atoms with van der Waals surface area (Å²) in [5.41, 5.74) is 2.93. The van der Waals surface area contributed by atoms with Crippen LogP contribution in [0.25, 0.3) is 0 Å². The first-order chi connectivity index (χ1) is 8.63. The summed E-state index contributed by atoms with van der Waals surface area (Å²) in [4.78, 5) is 2.37. The molecule has 0 aromatic heterocycles. The van der Waals surface area contributed by atoms with Gasteiger partial charge in [-0.1, -0.05) is 36.2 Å². The first-order valence-corrected chi connectivity index (χ1v) is 6.99. The molecular weight excluding hydrogens is 222 g/mol. The molecule has 0 aliphatic heterocycles. The molecule has 2 rings (SSSR count). The number of aryl methyl sites for hydroxylation is 1. The minimum Gasteiger partial charge on any atom is -0.396 e. The summed E-state index contributed by atoms with van der Waals surface area (Å²) in [5, 5.41) is 9.47. The van der Waals surface area contributed by atoms with Gasteiger partial charge in [0, 0.05) is 25.1 Å². The van der Waals surface area contributed by atoms with E-state index in [4.69, 9.17) is 0 Å². The van der Waals surface area contributed by atoms with Crippen molar-refractivity contribution >= 4 is 0 Å². The Morgan fingerprint density at radius 2 is 1.89 bits per heavy atom. The van der Waals surface area contributed by atoms with Crippen LogP contribution >= 0.6 is 0 Å². The van der Waals surface area contributed by atoms with Gasteiger partial charge in [-0.2, -0.15) is 0 Å². The molecule has 0 amide bonds. The van der Waals surface area contributed by atoms with E-state index < -0.39 is 0 Å². The maximum absolute atomic E-state index is 9.47. The lowest BCUT2D eigenvalue weighted by molar-refractivity contribution is 0.0149. The normalized spacial score (nSPS) is 17.8. The zero-order valence-electron chi connectivity index (χ0n) is 11.7. The SMILES string of the molecule is Cc1ccc(CCN(C)CC2(CO)CCC2)cc1. The Bertz CT molecular complexity index is 362. The van der Waals surface area contributed by atoms with Crippen LogP contribution in [0, 0.1) is 12.3 Å². The Morgan fingerprint density at radius 1 is 1.22 bits per heavy atom. The highest BCUT2D eigenvalue weighted by atomic mass is 16.3. The average molecular weight is 247 g/mol. The molecule has 2 heteroatoms. The Kier molecular flexibility index (Phi) is 4.41. The molecule has 1 aromatic carbocycles. The molecule has 1 aliphatic rings. The van der Waals surface area contributed by atoms with Crippen molar-refractivity contribution in [1.82, 2.24) is 4.90 Å². The lowest BCUT2D eigenvalue weighted by Crippen LogP contribution is -2.44. The van der Waals surface area contributed by atoms with Gasteiger partial charge in [0.25, 0.3) is 0 Å². The molecule has 1 aromatic rings. The molecule has 0 unspecified atom stereocenters. The van der Waals surface area contributed by atoms with Crippen molar-refractivity contribution in [3.8, 4) is 0 Å². The van der Waals surface area contributed by atoms with Crippen LogP contribution in [0.15, 0.2) is 24.3 Å². The van der Waals surface area contributed by atoms with Crippen molar-refractivity contribution in [2.45, 2.75) is 32.6 Å². The average Bonchev–Trinajstić information content (AvgIpc) is 2.33. The van der Waals surface area contributed by atoms with E-state index in [1.807, 2.05) is 0 Å². The number of aliphatic hydroxyl groups excluding tert-OH is 1. The maximum atomic E-state index is 9.47. The predicted molar refractivity (Wildman–Crippen MR) is 75.7 cm³/mol. The summed E-state index contributed by atoms with van der Waals surface area (Å²) in [6.07, 6.45) is 4.77. The summed E-state index contributed by atoms with van der Waals surface area (Å²) < 4.78 is 0. The molecule has 1 saturated carbocycles. The van der Waals surface area contributed by atoms with Gasteiger partial charge in [-0.05, 0) is 38.8 Å².